The van der Waals surface area contributed by atoms with Crippen molar-refractivity contribution >= 4 is 23.4 Å². The molecule has 2 rings (SSSR count). The van der Waals surface area contributed by atoms with Gasteiger partial charge in [-0.2, -0.15) is 0 Å². The second-order valence-corrected chi connectivity index (χ2v) is 8.59. The van der Waals surface area contributed by atoms with Crippen LogP contribution in [0.5, 0.6) is 5.75 Å². The number of hydrogen-bond acceptors (Lipinski definition) is 3. The monoisotopic (exact) mass is 444 g/mol. The summed E-state index contributed by atoms with van der Waals surface area (Å²) in [6.07, 6.45) is 0.819. The second-order valence-electron chi connectivity index (χ2n) is 8.15. The molecular formula is C25H33ClN2O3. The third kappa shape index (κ3) is 7.59. The summed E-state index contributed by atoms with van der Waals surface area (Å²) >= 11 is 5.98. The van der Waals surface area contributed by atoms with Crippen molar-refractivity contribution in [3.63, 3.8) is 0 Å². The summed E-state index contributed by atoms with van der Waals surface area (Å²) in [4.78, 5) is 27.3. The highest BCUT2D eigenvalue weighted by atomic mass is 35.5. The summed E-state index contributed by atoms with van der Waals surface area (Å²) in [6, 6.07) is 14.4. The van der Waals surface area contributed by atoms with Gasteiger partial charge in [0, 0.05) is 17.6 Å². The molecule has 0 bridgehead atoms. The smallest absolute Gasteiger partial charge is 0.261 e. The van der Waals surface area contributed by atoms with Crippen LogP contribution in [0.1, 0.15) is 58.1 Å². The van der Waals surface area contributed by atoms with E-state index in [0.717, 1.165) is 12.0 Å². The number of rotatable bonds is 10. The Morgan fingerprint density at radius 2 is 1.61 bits per heavy atom. The van der Waals surface area contributed by atoms with E-state index in [0.29, 0.717) is 23.2 Å². The van der Waals surface area contributed by atoms with E-state index in [4.69, 9.17) is 16.3 Å². The summed E-state index contributed by atoms with van der Waals surface area (Å²) in [5.74, 6) is 0.615. The van der Waals surface area contributed by atoms with Crippen molar-refractivity contribution < 1.29 is 14.3 Å². The molecule has 31 heavy (non-hydrogen) atoms. The topological polar surface area (TPSA) is 58.6 Å². The highest BCUT2D eigenvalue weighted by Gasteiger charge is 2.27. The number of ether oxygens (including phenoxy) is 1. The Balaban J connectivity index is 2.12. The van der Waals surface area contributed by atoms with Crippen molar-refractivity contribution in [2.24, 2.45) is 0 Å². The minimum Gasteiger partial charge on any atom is -0.484 e. The fourth-order valence-electron chi connectivity index (χ4n) is 3.01. The molecule has 0 saturated carbocycles. The third-order valence-electron chi connectivity index (χ3n) is 5.34. The number of benzene rings is 2. The van der Waals surface area contributed by atoms with E-state index in [-0.39, 0.29) is 24.5 Å². The van der Waals surface area contributed by atoms with E-state index < -0.39 is 6.04 Å². The van der Waals surface area contributed by atoms with Gasteiger partial charge in [-0.15, -0.1) is 0 Å². The van der Waals surface area contributed by atoms with Crippen molar-refractivity contribution in [3.05, 3.63) is 64.7 Å². The van der Waals surface area contributed by atoms with Gasteiger partial charge >= 0.3 is 0 Å². The maximum Gasteiger partial charge on any atom is 0.261 e. The Bertz CT molecular complexity index is 850. The number of nitrogens with zero attached hydrogens (tertiary/aromatic N) is 1. The van der Waals surface area contributed by atoms with Gasteiger partial charge in [-0.1, -0.05) is 56.6 Å². The highest BCUT2D eigenvalue weighted by molar-refractivity contribution is 6.30. The predicted octanol–water partition coefficient (Wildman–Crippen LogP) is 5.17. The minimum atomic E-state index is -0.635. The molecule has 2 aromatic carbocycles. The molecule has 2 amide bonds. The lowest BCUT2D eigenvalue weighted by molar-refractivity contribution is -0.142. The Labute approximate surface area is 190 Å². The predicted molar refractivity (Wildman–Crippen MR) is 125 cm³/mol. The van der Waals surface area contributed by atoms with Crippen LogP contribution in [-0.4, -0.2) is 35.4 Å². The molecule has 0 saturated heterocycles. The fourth-order valence-corrected chi connectivity index (χ4v) is 3.14. The van der Waals surface area contributed by atoms with Crippen LogP contribution < -0.4 is 10.1 Å². The van der Waals surface area contributed by atoms with Gasteiger partial charge in [-0.25, -0.2) is 0 Å². The molecule has 5 nitrogen and oxygen atoms in total. The molecule has 2 atom stereocenters. The maximum absolute atomic E-state index is 13.1. The quantitative estimate of drug-likeness (QED) is 0.549. The molecule has 0 spiro atoms. The molecule has 0 radical (unpaired) electrons. The molecule has 0 fully saturated rings. The van der Waals surface area contributed by atoms with E-state index in [1.807, 2.05) is 50.2 Å². The van der Waals surface area contributed by atoms with E-state index in [1.165, 1.54) is 5.56 Å². The zero-order valence-corrected chi connectivity index (χ0v) is 19.8. The van der Waals surface area contributed by atoms with Crippen molar-refractivity contribution in [1.29, 1.82) is 0 Å². The van der Waals surface area contributed by atoms with E-state index in [2.05, 4.69) is 19.2 Å². The number of halogens is 1. The first-order valence-electron chi connectivity index (χ1n) is 10.8. The van der Waals surface area contributed by atoms with Gasteiger partial charge in [0.25, 0.3) is 5.91 Å². The van der Waals surface area contributed by atoms with Crippen molar-refractivity contribution in [1.82, 2.24) is 10.2 Å². The van der Waals surface area contributed by atoms with Gasteiger partial charge in [0.15, 0.2) is 6.61 Å². The van der Waals surface area contributed by atoms with E-state index in [9.17, 15) is 9.59 Å². The summed E-state index contributed by atoms with van der Waals surface area (Å²) in [6.45, 7) is 10.1. The molecule has 6 heteroatoms. The number of carbonyl (C=O) groups excluding carboxylic acids is 2. The molecule has 0 heterocycles. The Kier molecular flexibility index (Phi) is 9.38. The van der Waals surface area contributed by atoms with Gasteiger partial charge < -0.3 is 15.0 Å². The number of carbonyl (C=O) groups is 2. The first-order valence-corrected chi connectivity index (χ1v) is 11.2. The van der Waals surface area contributed by atoms with Crippen molar-refractivity contribution in [2.75, 3.05) is 6.61 Å². The summed E-state index contributed by atoms with van der Waals surface area (Å²) < 4.78 is 5.73. The van der Waals surface area contributed by atoms with Gasteiger partial charge in [0.1, 0.15) is 11.8 Å². The molecule has 0 aliphatic heterocycles. The third-order valence-corrected chi connectivity index (χ3v) is 5.60. The van der Waals surface area contributed by atoms with Crippen LogP contribution in [0.2, 0.25) is 5.02 Å². The zero-order chi connectivity index (χ0) is 23.0. The van der Waals surface area contributed by atoms with Gasteiger partial charge in [-0.05, 0) is 61.6 Å². The lowest BCUT2D eigenvalue weighted by Crippen LogP contribution is -2.50. The van der Waals surface area contributed by atoms with Crippen LogP contribution in [0.25, 0.3) is 0 Å². The first-order chi connectivity index (χ1) is 14.7. The van der Waals surface area contributed by atoms with Crippen LogP contribution in [0.4, 0.5) is 0 Å². The summed E-state index contributed by atoms with van der Waals surface area (Å²) in [7, 11) is 0. The molecule has 0 aromatic heterocycles. The number of nitrogens with one attached hydrogen (secondary N) is 1. The molecular weight excluding hydrogens is 412 g/mol. The molecule has 168 valence electrons. The normalized spacial score (nSPS) is 12.9. The van der Waals surface area contributed by atoms with Crippen LogP contribution in [0, 0.1) is 0 Å². The second kappa shape index (κ2) is 11.8. The molecule has 1 N–H and O–H groups in total. The maximum atomic E-state index is 13.1. The van der Waals surface area contributed by atoms with Crippen LogP contribution in [0.3, 0.4) is 0 Å². The average molecular weight is 445 g/mol. The highest BCUT2D eigenvalue weighted by Crippen LogP contribution is 2.19. The van der Waals surface area contributed by atoms with Gasteiger partial charge in [0.2, 0.25) is 5.91 Å². The molecule has 2 unspecified atom stereocenters. The largest absolute Gasteiger partial charge is 0.484 e. The van der Waals surface area contributed by atoms with E-state index in [1.54, 1.807) is 24.0 Å². The lowest BCUT2D eigenvalue weighted by Gasteiger charge is -2.29. The Hall–Kier alpha value is -2.53. The van der Waals surface area contributed by atoms with Crippen LogP contribution >= 0.6 is 11.6 Å². The van der Waals surface area contributed by atoms with Gasteiger partial charge in [-0.3, -0.25) is 9.59 Å². The average Bonchev–Trinajstić information content (AvgIpc) is 2.76. The zero-order valence-electron chi connectivity index (χ0n) is 19.0. The SMILES string of the molecule is CCC(C)NC(=O)C(C)N(Cc1ccc(Cl)cc1)C(=O)COc1ccc(C(C)C)cc1. The lowest BCUT2D eigenvalue weighted by atomic mass is 10.0. The van der Waals surface area contributed by atoms with Gasteiger partial charge in [0.05, 0.1) is 0 Å². The molecule has 0 aliphatic carbocycles. The number of amides is 2. The van der Waals surface area contributed by atoms with E-state index >= 15 is 0 Å². The Morgan fingerprint density at radius 1 is 1.00 bits per heavy atom. The summed E-state index contributed by atoms with van der Waals surface area (Å²) in [5, 5.41) is 3.58. The molecule has 0 aliphatic rings. The summed E-state index contributed by atoms with van der Waals surface area (Å²) in [5.41, 5.74) is 2.10. The number of hydrogen-bond donors (Lipinski definition) is 1. The van der Waals surface area contributed by atoms with Crippen molar-refractivity contribution in [2.45, 2.75) is 65.6 Å². The van der Waals surface area contributed by atoms with Crippen LogP contribution in [0.15, 0.2) is 48.5 Å². The van der Waals surface area contributed by atoms with Crippen molar-refractivity contribution in [3.8, 4) is 5.75 Å². The Morgan fingerprint density at radius 3 is 2.16 bits per heavy atom. The fraction of sp³-hybridized carbons (Fsp3) is 0.440. The van der Waals surface area contributed by atoms with Crippen LogP contribution in [-0.2, 0) is 16.1 Å². The standard InChI is InChI=1S/C25H33ClN2O3/c1-6-18(4)27-25(30)19(5)28(15-20-7-11-22(26)12-8-20)24(29)16-31-23-13-9-21(10-14-23)17(2)3/h7-14,17-19H,6,15-16H2,1-5H3,(H,27,30). The molecule has 2 aromatic rings. The first kappa shape index (κ1) is 24.7. The minimum absolute atomic E-state index is 0.0400.